The van der Waals surface area contributed by atoms with Crippen LogP contribution in [-0.4, -0.2) is 57.4 Å². The largest absolute Gasteiger partial charge is 0.481 e. The number of rotatable bonds is 6. The van der Waals surface area contributed by atoms with Crippen molar-refractivity contribution in [2.45, 2.75) is 12.5 Å². The van der Waals surface area contributed by atoms with Crippen LogP contribution in [0.4, 0.5) is 5.69 Å². The van der Waals surface area contributed by atoms with Crippen molar-refractivity contribution in [3.63, 3.8) is 0 Å². The number of nitrogens with zero attached hydrogens (tertiary/aromatic N) is 2. The van der Waals surface area contributed by atoms with Crippen LogP contribution in [0.3, 0.4) is 0 Å². The molecule has 2 N–H and O–H groups in total. The van der Waals surface area contributed by atoms with Crippen LogP contribution in [0.25, 0.3) is 6.08 Å². The first-order chi connectivity index (χ1) is 11.7. The van der Waals surface area contributed by atoms with Crippen molar-refractivity contribution < 1.29 is 24.6 Å². The van der Waals surface area contributed by atoms with Gasteiger partial charge < -0.3 is 15.1 Å². The third kappa shape index (κ3) is 4.37. The van der Waals surface area contributed by atoms with Crippen molar-refractivity contribution >= 4 is 57.9 Å². The van der Waals surface area contributed by atoms with Gasteiger partial charge in [0.05, 0.1) is 11.3 Å². The Morgan fingerprint density at radius 1 is 1.28 bits per heavy atom. The number of aliphatic carboxylic acids is 2. The average Bonchev–Trinajstić information content (AvgIpc) is 2.79. The van der Waals surface area contributed by atoms with Crippen molar-refractivity contribution in [1.29, 1.82) is 0 Å². The first kappa shape index (κ1) is 18.9. The van der Waals surface area contributed by atoms with Crippen molar-refractivity contribution in [1.82, 2.24) is 4.90 Å². The van der Waals surface area contributed by atoms with E-state index in [1.165, 1.54) is 0 Å². The fourth-order valence-electron chi connectivity index (χ4n) is 2.22. The number of thioether (sulfide) groups is 1. The number of carboxylic acid groups (broad SMARTS) is 2. The molecule has 1 fully saturated rings. The third-order valence-electron chi connectivity index (χ3n) is 3.50. The molecule has 0 spiro atoms. The Hall–Kier alpha value is -2.39. The Morgan fingerprint density at radius 3 is 2.36 bits per heavy atom. The molecule has 1 unspecified atom stereocenters. The summed E-state index contributed by atoms with van der Waals surface area (Å²) in [5, 5.41) is 18.1. The van der Waals surface area contributed by atoms with E-state index in [4.69, 9.17) is 17.3 Å². The summed E-state index contributed by atoms with van der Waals surface area (Å²) in [5.74, 6) is -3.32. The van der Waals surface area contributed by atoms with Crippen LogP contribution in [0.5, 0.6) is 0 Å². The normalized spacial score (nSPS) is 17.0. The molecule has 0 aromatic heterocycles. The molecule has 1 aromatic rings. The zero-order chi connectivity index (χ0) is 18.7. The summed E-state index contributed by atoms with van der Waals surface area (Å²) >= 11 is 6.04. The molecular formula is C16H16N2O5S2. The molecule has 1 saturated heterocycles. The van der Waals surface area contributed by atoms with E-state index in [9.17, 15) is 19.5 Å². The minimum atomic E-state index is -1.52. The Labute approximate surface area is 153 Å². The van der Waals surface area contributed by atoms with Gasteiger partial charge in [-0.05, 0) is 23.8 Å². The van der Waals surface area contributed by atoms with Crippen LogP contribution in [0.15, 0.2) is 29.2 Å². The maximum atomic E-state index is 12.5. The number of hydrogen-bond donors (Lipinski definition) is 2. The topological polar surface area (TPSA) is 98.2 Å². The van der Waals surface area contributed by atoms with Gasteiger partial charge >= 0.3 is 11.9 Å². The van der Waals surface area contributed by atoms with Gasteiger partial charge in [0.1, 0.15) is 10.4 Å². The van der Waals surface area contributed by atoms with Crippen molar-refractivity contribution in [3.05, 3.63) is 34.7 Å². The zero-order valence-corrected chi connectivity index (χ0v) is 15.1. The van der Waals surface area contributed by atoms with Gasteiger partial charge in [0.25, 0.3) is 5.91 Å². The molecule has 1 amide bonds. The summed E-state index contributed by atoms with van der Waals surface area (Å²) in [6.07, 6.45) is 0.894. The standard InChI is InChI=1S/C16H16N2O5S2/c1-17(2)10-5-3-9(4-6-10)7-12-14(21)18(16(24)25-12)11(15(22)23)8-13(19)20/h3-7,11H,8H2,1-2H3,(H,19,20)(H,22,23)/b12-7-. The quantitative estimate of drug-likeness (QED) is 0.570. The lowest BCUT2D eigenvalue weighted by atomic mass is 10.1. The highest BCUT2D eigenvalue weighted by Crippen LogP contribution is 2.34. The molecule has 1 aromatic carbocycles. The number of thiocarbonyl (C=S) groups is 1. The van der Waals surface area contributed by atoms with Gasteiger partial charge in [-0.2, -0.15) is 0 Å². The molecule has 1 aliphatic heterocycles. The number of carbonyl (C=O) groups is 3. The van der Waals surface area contributed by atoms with Crippen LogP contribution in [-0.2, 0) is 14.4 Å². The van der Waals surface area contributed by atoms with Gasteiger partial charge in [-0.1, -0.05) is 36.1 Å². The number of amides is 1. The minimum absolute atomic E-state index is 0.0369. The second-order valence-electron chi connectivity index (χ2n) is 5.49. The van der Waals surface area contributed by atoms with Crippen LogP contribution in [0.2, 0.25) is 0 Å². The van der Waals surface area contributed by atoms with Crippen LogP contribution in [0, 0.1) is 0 Å². The summed E-state index contributed by atoms with van der Waals surface area (Å²) < 4.78 is 0.0369. The lowest BCUT2D eigenvalue weighted by Gasteiger charge is -2.21. The highest BCUT2D eigenvalue weighted by molar-refractivity contribution is 8.26. The zero-order valence-electron chi connectivity index (χ0n) is 13.5. The van der Waals surface area contributed by atoms with Crippen molar-refractivity contribution in [3.8, 4) is 0 Å². The summed E-state index contributed by atoms with van der Waals surface area (Å²) in [6, 6.07) is 5.91. The van der Waals surface area contributed by atoms with Gasteiger partial charge in [-0.25, -0.2) is 4.79 Å². The number of carbonyl (C=O) groups excluding carboxylic acids is 1. The smallest absolute Gasteiger partial charge is 0.327 e. The Bertz CT molecular complexity index is 758. The third-order valence-corrected chi connectivity index (χ3v) is 4.83. The van der Waals surface area contributed by atoms with Gasteiger partial charge in [-0.3, -0.25) is 14.5 Å². The minimum Gasteiger partial charge on any atom is -0.481 e. The number of benzene rings is 1. The van der Waals surface area contributed by atoms with Gasteiger partial charge in [-0.15, -0.1) is 0 Å². The van der Waals surface area contributed by atoms with E-state index < -0.39 is 30.3 Å². The average molecular weight is 380 g/mol. The van der Waals surface area contributed by atoms with Crippen LogP contribution < -0.4 is 4.90 Å². The van der Waals surface area contributed by atoms with Gasteiger partial charge in [0.15, 0.2) is 0 Å². The first-order valence-electron chi connectivity index (χ1n) is 7.19. The molecule has 25 heavy (non-hydrogen) atoms. The Kier molecular flexibility index (Phi) is 5.81. The van der Waals surface area contributed by atoms with E-state index >= 15 is 0 Å². The number of hydrogen-bond acceptors (Lipinski definition) is 6. The van der Waals surface area contributed by atoms with E-state index in [1.54, 1.807) is 6.08 Å². The molecule has 9 heteroatoms. The van der Waals surface area contributed by atoms with Crippen molar-refractivity contribution in [2.75, 3.05) is 19.0 Å². The monoisotopic (exact) mass is 380 g/mol. The molecule has 1 aliphatic rings. The maximum absolute atomic E-state index is 12.5. The molecule has 1 heterocycles. The predicted octanol–water partition coefficient (Wildman–Crippen LogP) is 1.88. The molecule has 132 valence electrons. The molecule has 1 atom stereocenters. The molecule has 0 aliphatic carbocycles. The molecule has 0 saturated carbocycles. The fraction of sp³-hybridized carbons (Fsp3) is 0.250. The van der Waals surface area contributed by atoms with E-state index in [2.05, 4.69) is 0 Å². The van der Waals surface area contributed by atoms with Crippen molar-refractivity contribution in [2.24, 2.45) is 0 Å². The predicted molar refractivity (Wildman–Crippen MR) is 99.5 cm³/mol. The van der Waals surface area contributed by atoms with Gasteiger partial charge in [0.2, 0.25) is 0 Å². The Morgan fingerprint density at radius 2 is 1.88 bits per heavy atom. The van der Waals surface area contributed by atoms with Crippen LogP contribution in [0.1, 0.15) is 12.0 Å². The molecule has 7 nitrogen and oxygen atoms in total. The highest BCUT2D eigenvalue weighted by atomic mass is 32.2. The lowest BCUT2D eigenvalue weighted by Crippen LogP contribution is -2.45. The second kappa shape index (κ2) is 7.66. The summed E-state index contributed by atoms with van der Waals surface area (Å²) in [4.78, 5) is 37.8. The molecular weight excluding hydrogens is 364 g/mol. The summed E-state index contributed by atoms with van der Waals surface area (Å²) in [5.41, 5.74) is 1.76. The maximum Gasteiger partial charge on any atom is 0.327 e. The fourth-order valence-corrected chi connectivity index (χ4v) is 3.58. The molecule has 0 radical (unpaired) electrons. The first-order valence-corrected chi connectivity index (χ1v) is 8.42. The van der Waals surface area contributed by atoms with Crippen LogP contribution >= 0.6 is 24.0 Å². The number of carboxylic acids is 2. The SMILES string of the molecule is CN(C)c1ccc(/C=C2\SC(=S)N(C(CC(=O)O)C(=O)O)C2=O)cc1. The van der Waals surface area contributed by atoms with E-state index in [1.807, 2.05) is 43.3 Å². The van der Waals surface area contributed by atoms with E-state index in [-0.39, 0.29) is 9.23 Å². The lowest BCUT2D eigenvalue weighted by molar-refractivity contribution is -0.150. The number of anilines is 1. The second-order valence-corrected chi connectivity index (χ2v) is 7.17. The Balaban J connectivity index is 2.27. The molecule has 0 bridgehead atoms. The summed E-state index contributed by atoms with van der Waals surface area (Å²) in [6.45, 7) is 0. The van der Waals surface area contributed by atoms with E-state index in [0.29, 0.717) is 0 Å². The summed E-state index contributed by atoms with van der Waals surface area (Å²) in [7, 11) is 3.82. The van der Waals surface area contributed by atoms with E-state index in [0.717, 1.165) is 27.9 Å². The van der Waals surface area contributed by atoms with Gasteiger partial charge in [0, 0.05) is 19.8 Å². The molecule has 2 rings (SSSR count). The highest BCUT2D eigenvalue weighted by Gasteiger charge is 2.41.